The van der Waals surface area contributed by atoms with E-state index < -0.39 is 17.4 Å². The van der Waals surface area contributed by atoms with Crippen LogP contribution < -0.4 is 18.9 Å². The first-order chi connectivity index (χ1) is 20.3. The quantitative estimate of drug-likeness (QED) is 0.0995. The third-order valence-electron chi connectivity index (χ3n) is 6.60. The molecule has 0 unspecified atom stereocenters. The first-order valence-corrected chi connectivity index (χ1v) is 17.7. The molecular weight excluding hydrogens is 1040 g/mol. The SMILES string of the molecule is COc1ccc(C(=O)Oc2c(Br)cc(C(C)(C)c3cc(Br)c(OC(=O)c4ccc(OC)c(I)c4)c(Br)c3)cc2Br)cc1I. The number of hydrogen-bond donors (Lipinski definition) is 0. The van der Waals surface area contributed by atoms with Gasteiger partial charge in [-0.25, -0.2) is 9.59 Å². The molecule has 0 atom stereocenters. The highest BCUT2D eigenvalue weighted by Crippen LogP contribution is 2.44. The Morgan fingerprint density at radius 3 is 1.21 bits per heavy atom. The largest absolute Gasteiger partial charge is 0.496 e. The highest BCUT2D eigenvalue weighted by molar-refractivity contribution is 14.1. The summed E-state index contributed by atoms with van der Waals surface area (Å²) in [6, 6.07) is 17.9. The smallest absolute Gasteiger partial charge is 0.343 e. The van der Waals surface area contributed by atoms with Crippen LogP contribution in [0.25, 0.3) is 0 Å². The van der Waals surface area contributed by atoms with E-state index in [1.54, 1.807) is 50.6 Å². The number of carbonyl (C=O) groups is 2. The molecule has 6 nitrogen and oxygen atoms in total. The maximum atomic E-state index is 12.9. The number of methoxy groups -OCH3 is 2. The van der Waals surface area contributed by atoms with Crippen LogP contribution in [0.3, 0.4) is 0 Å². The zero-order valence-corrected chi connectivity index (χ0v) is 33.6. The Morgan fingerprint density at radius 2 is 0.930 bits per heavy atom. The van der Waals surface area contributed by atoms with Gasteiger partial charge in [0.1, 0.15) is 11.5 Å². The van der Waals surface area contributed by atoms with Crippen LogP contribution in [-0.2, 0) is 5.41 Å². The molecule has 0 amide bonds. The molecule has 12 heteroatoms. The molecule has 224 valence electrons. The van der Waals surface area contributed by atoms with Gasteiger partial charge in [0.2, 0.25) is 0 Å². The van der Waals surface area contributed by atoms with Crippen molar-refractivity contribution in [2.75, 3.05) is 14.2 Å². The minimum absolute atomic E-state index is 0.369. The molecule has 0 N–H and O–H groups in total. The van der Waals surface area contributed by atoms with Crippen molar-refractivity contribution in [1.29, 1.82) is 0 Å². The zero-order chi connectivity index (χ0) is 31.6. The Kier molecular flexibility index (Phi) is 11.7. The molecule has 0 aliphatic rings. The first-order valence-electron chi connectivity index (χ1n) is 12.4. The number of hydrogen-bond acceptors (Lipinski definition) is 6. The maximum Gasteiger partial charge on any atom is 0.343 e. The summed E-state index contributed by atoms with van der Waals surface area (Å²) in [5.41, 5.74) is 2.21. The van der Waals surface area contributed by atoms with Gasteiger partial charge in [0.05, 0.1) is 50.4 Å². The monoisotopic (exact) mass is 1060 g/mol. The third kappa shape index (κ3) is 7.79. The lowest BCUT2D eigenvalue weighted by Crippen LogP contribution is -2.20. The second-order valence-electron chi connectivity index (χ2n) is 9.64. The van der Waals surface area contributed by atoms with Gasteiger partial charge in [0.15, 0.2) is 11.5 Å². The van der Waals surface area contributed by atoms with Crippen molar-refractivity contribution in [3.63, 3.8) is 0 Å². The number of ether oxygens (including phenoxy) is 4. The molecule has 0 aliphatic heterocycles. The van der Waals surface area contributed by atoms with Crippen molar-refractivity contribution >= 4 is 121 Å². The van der Waals surface area contributed by atoms with E-state index in [2.05, 4.69) is 123 Å². The molecule has 0 fully saturated rings. The summed E-state index contributed by atoms with van der Waals surface area (Å²) in [5, 5.41) is 0. The second kappa shape index (κ2) is 14.5. The van der Waals surface area contributed by atoms with Crippen LogP contribution in [0.1, 0.15) is 45.7 Å². The van der Waals surface area contributed by atoms with E-state index in [4.69, 9.17) is 18.9 Å². The second-order valence-corrected chi connectivity index (χ2v) is 15.4. The summed E-state index contributed by atoms with van der Waals surface area (Å²) in [6.45, 7) is 4.15. The van der Waals surface area contributed by atoms with E-state index in [-0.39, 0.29) is 0 Å². The fourth-order valence-electron chi connectivity index (χ4n) is 4.09. The van der Waals surface area contributed by atoms with Crippen LogP contribution in [0, 0.1) is 7.14 Å². The van der Waals surface area contributed by atoms with Gasteiger partial charge in [-0.05, 0) is 181 Å². The van der Waals surface area contributed by atoms with E-state index >= 15 is 0 Å². The van der Waals surface area contributed by atoms with Gasteiger partial charge < -0.3 is 18.9 Å². The number of benzene rings is 4. The average molecular weight is 1060 g/mol. The third-order valence-corrected chi connectivity index (χ3v) is 10.6. The van der Waals surface area contributed by atoms with Gasteiger partial charge in [-0.15, -0.1) is 0 Å². The van der Waals surface area contributed by atoms with Crippen molar-refractivity contribution in [3.8, 4) is 23.0 Å². The Morgan fingerprint density at radius 1 is 0.605 bits per heavy atom. The fraction of sp³-hybridized carbons (Fsp3) is 0.161. The zero-order valence-electron chi connectivity index (χ0n) is 23.0. The molecule has 0 saturated heterocycles. The Balaban J connectivity index is 1.58. The van der Waals surface area contributed by atoms with Crippen molar-refractivity contribution in [2.24, 2.45) is 0 Å². The van der Waals surface area contributed by atoms with Crippen molar-refractivity contribution in [1.82, 2.24) is 0 Å². The standard InChI is InChI=1S/C31H22Br4I2O6/c1-31(2,17-11-19(32)27(20(33)12-17)42-29(38)15-5-7-25(40-3)23(36)9-15)18-13-21(34)28(22(35)14-18)43-30(39)16-6-8-26(41-4)24(37)10-16/h5-14H,1-4H3. The fourth-order valence-corrected chi connectivity index (χ4v) is 8.26. The number of halogens is 6. The van der Waals surface area contributed by atoms with Crippen molar-refractivity contribution in [3.05, 3.63) is 108 Å². The van der Waals surface area contributed by atoms with E-state index in [0.29, 0.717) is 52.0 Å². The molecule has 0 bridgehead atoms. The normalized spacial score (nSPS) is 11.2. The molecule has 0 saturated carbocycles. The lowest BCUT2D eigenvalue weighted by molar-refractivity contribution is 0.0722. The summed E-state index contributed by atoms with van der Waals surface area (Å²) in [6.07, 6.45) is 0. The molecule has 4 aromatic carbocycles. The van der Waals surface area contributed by atoms with Crippen LogP contribution in [0.15, 0.2) is 78.6 Å². The van der Waals surface area contributed by atoms with Crippen molar-refractivity contribution in [2.45, 2.75) is 19.3 Å². The molecular formula is C31H22Br4I2O6. The topological polar surface area (TPSA) is 71.1 Å². The van der Waals surface area contributed by atoms with Crippen molar-refractivity contribution < 1.29 is 28.5 Å². The number of rotatable bonds is 8. The van der Waals surface area contributed by atoms with Crippen LogP contribution in [0.5, 0.6) is 23.0 Å². The van der Waals surface area contributed by atoms with E-state index in [1.807, 2.05) is 24.3 Å². The van der Waals surface area contributed by atoms with Crippen LogP contribution in [0.4, 0.5) is 0 Å². The minimum atomic E-state index is -0.501. The summed E-state index contributed by atoms with van der Waals surface area (Å²) in [4.78, 5) is 25.9. The Bertz CT molecular complexity index is 1570. The predicted molar refractivity (Wildman–Crippen MR) is 197 cm³/mol. The van der Waals surface area contributed by atoms with Crippen LogP contribution in [-0.4, -0.2) is 26.2 Å². The molecule has 0 aromatic heterocycles. The van der Waals surface area contributed by atoms with Gasteiger partial charge in [-0.1, -0.05) is 13.8 Å². The van der Waals surface area contributed by atoms with Gasteiger partial charge >= 0.3 is 11.9 Å². The van der Waals surface area contributed by atoms with Gasteiger partial charge in [0, 0.05) is 5.41 Å². The highest BCUT2D eigenvalue weighted by Gasteiger charge is 2.28. The van der Waals surface area contributed by atoms with E-state index in [0.717, 1.165) is 18.3 Å². The molecule has 4 aromatic rings. The molecule has 0 radical (unpaired) electrons. The highest BCUT2D eigenvalue weighted by atomic mass is 127. The first kappa shape index (κ1) is 34.7. The minimum Gasteiger partial charge on any atom is -0.496 e. The summed E-state index contributed by atoms with van der Waals surface area (Å²) < 4.78 is 26.1. The molecule has 0 aliphatic carbocycles. The molecule has 43 heavy (non-hydrogen) atoms. The number of carbonyl (C=O) groups excluding carboxylic acids is 2. The van der Waals surface area contributed by atoms with E-state index in [9.17, 15) is 9.59 Å². The molecule has 4 rings (SSSR count). The predicted octanol–water partition coefficient (Wildman–Crippen LogP) is 10.7. The summed E-state index contributed by atoms with van der Waals surface area (Å²) in [5.74, 6) is 1.12. The molecule has 0 spiro atoms. The van der Waals surface area contributed by atoms with Gasteiger partial charge in [0.25, 0.3) is 0 Å². The summed E-state index contributed by atoms with van der Waals surface area (Å²) in [7, 11) is 3.16. The Labute approximate surface area is 310 Å². The van der Waals surface area contributed by atoms with Gasteiger partial charge in [-0.2, -0.15) is 0 Å². The average Bonchev–Trinajstić information content (AvgIpc) is 2.96. The van der Waals surface area contributed by atoms with Crippen LogP contribution >= 0.6 is 109 Å². The van der Waals surface area contributed by atoms with Crippen LogP contribution in [0.2, 0.25) is 0 Å². The van der Waals surface area contributed by atoms with Gasteiger partial charge in [-0.3, -0.25) is 0 Å². The lowest BCUT2D eigenvalue weighted by atomic mass is 9.78. The molecule has 0 heterocycles. The Hall–Kier alpha value is -1.20. The number of esters is 2. The van der Waals surface area contributed by atoms with E-state index in [1.165, 1.54) is 0 Å². The maximum absolute atomic E-state index is 12.9. The summed E-state index contributed by atoms with van der Waals surface area (Å²) >= 11 is 18.6. The lowest BCUT2D eigenvalue weighted by Gasteiger charge is -2.28.